The van der Waals surface area contributed by atoms with Gasteiger partial charge in [-0.05, 0) is 25.5 Å². The van der Waals surface area contributed by atoms with E-state index in [1.165, 1.54) is 6.92 Å². The molecule has 21 heavy (non-hydrogen) atoms. The van der Waals surface area contributed by atoms with E-state index in [1.807, 2.05) is 0 Å². The number of benzene rings is 1. The molecule has 1 N–H and O–H groups in total. The minimum atomic E-state index is -1.76. The maximum atomic E-state index is 13.2. The van der Waals surface area contributed by atoms with E-state index in [9.17, 15) is 28.3 Å². The molecule has 5 nitrogen and oxygen atoms in total. The van der Waals surface area contributed by atoms with Crippen LogP contribution in [0.3, 0.4) is 0 Å². The summed E-state index contributed by atoms with van der Waals surface area (Å²) in [5.74, 6) is -5.71. The van der Waals surface area contributed by atoms with E-state index in [4.69, 9.17) is 0 Å². The van der Waals surface area contributed by atoms with Crippen LogP contribution in [0.2, 0.25) is 0 Å². The van der Waals surface area contributed by atoms with Crippen molar-refractivity contribution in [1.82, 2.24) is 4.90 Å². The van der Waals surface area contributed by atoms with Gasteiger partial charge in [0, 0.05) is 0 Å². The first-order chi connectivity index (χ1) is 9.74. The number of carbonyl (C=O) groups excluding carboxylic acids is 2. The van der Waals surface area contributed by atoms with Gasteiger partial charge < -0.3 is 5.11 Å². The highest BCUT2D eigenvalue weighted by molar-refractivity contribution is 6.23. The van der Waals surface area contributed by atoms with Crippen LogP contribution in [0.4, 0.5) is 8.78 Å². The number of carboxylic acid groups (broad SMARTS) is 1. The Hall–Kier alpha value is -2.31. The zero-order valence-electron chi connectivity index (χ0n) is 11.4. The van der Waals surface area contributed by atoms with Gasteiger partial charge in [-0.15, -0.1) is 0 Å². The lowest BCUT2D eigenvalue weighted by molar-refractivity contribution is -0.148. The Kier molecular flexibility index (Phi) is 3.52. The third kappa shape index (κ3) is 2.09. The summed E-state index contributed by atoms with van der Waals surface area (Å²) in [5.41, 5.74) is -2.39. The Labute approximate surface area is 119 Å². The molecule has 0 aliphatic carbocycles. The van der Waals surface area contributed by atoms with E-state index >= 15 is 0 Å². The molecule has 112 valence electrons. The highest BCUT2D eigenvalue weighted by Gasteiger charge is 2.50. The van der Waals surface area contributed by atoms with E-state index in [1.54, 1.807) is 6.92 Å². The van der Waals surface area contributed by atoms with Gasteiger partial charge in [0.25, 0.3) is 11.8 Å². The first kappa shape index (κ1) is 15.1. The second-order valence-electron chi connectivity index (χ2n) is 5.09. The van der Waals surface area contributed by atoms with Gasteiger partial charge in [0.05, 0.1) is 11.1 Å². The third-order valence-electron chi connectivity index (χ3n) is 3.62. The average Bonchev–Trinajstić information content (AvgIpc) is 2.63. The summed E-state index contributed by atoms with van der Waals surface area (Å²) < 4.78 is 26.5. The molecule has 1 atom stereocenters. The molecule has 1 aromatic carbocycles. The van der Waals surface area contributed by atoms with Gasteiger partial charge in [-0.3, -0.25) is 14.5 Å². The van der Waals surface area contributed by atoms with Gasteiger partial charge in [0.15, 0.2) is 11.6 Å². The zero-order valence-corrected chi connectivity index (χ0v) is 11.4. The molecule has 0 saturated carbocycles. The van der Waals surface area contributed by atoms with E-state index < -0.39 is 35.0 Å². The molecule has 1 aliphatic rings. The number of imide groups is 1. The van der Waals surface area contributed by atoms with Crippen molar-refractivity contribution in [2.75, 3.05) is 0 Å². The van der Waals surface area contributed by atoms with Crippen molar-refractivity contribution in [3.63, 3.8) is 0 Å². The number of amides is 2. The Morgan fingerprint density at radius 1 is 1.19 bits per heavy atom. The summed E-state index contributed by atoms with van der Waals surface area (Å²) in [5, 5.41) is 9.35. The lowest BCUT2D eigenvalue weighted by atomic mass is 9.94. The molecule has 0 radical (unpaired) electrons. The zero-order chi connectivity index (χ0) is 15.9. The number of halogens is 2. The fourth-order valence-electron chi connectivity index (χ4n) is 2.48. The number of hydrogen-bond donors (Lipinski definition) is 1. The molecular weight excluding hydrogens is 284 g/mol. The molecule has 1 unspecified atom stereocenters. The molecule has 0 saturated heterocycles. The molecule has 1 aliphatic heterocycles. The van der Waals surface area contributed by atoms with E-state index in [-0.39, 0.29) is 17.5 Å². The van der Waals surface area contributed by atoms with Gasteiger partial charge in [-0.1, -0.05) is 13.3 Å². The Morgan fingerprint density at radius 2 is 1.62 bits per heavy atom. The van der Waals surface area contributed by atoms with E-state index in [2.05, 4.69) is 0 Å². The number of rotatable bonds is 4. The molecule has 7 heteroatoms. The lowest BCUT2D eigenvalue weighted by Crippen LogP contribution is -2.55. The molecule has 0 bridgehead atoms. The standard InChI is InChI=1S/C14H13F2NO4/c1-3-4-14(2,13(20)21)17-11(18)7-5-9(15)10(16)6-8(7)12(17)19/h5-6H,3-4H2,1-2H3,(H,20,21). The van der Waals surface area contributed by atoms with Crippen molar-refractivity contribution < 1.29 is 28.3 Å². The van der Waals surface area contributed by atoms with Gasteiger partial charge in [0.2, 0.25) is 0 Å². The normalized spacial score (nSPS) is 16.9. The first-order valence-corrected chi connectivity index (χ1v) is 6.35. The van der Waals surface area contributed by atoms with Gasteiger partial charge >= 0.3 is 5.97 Å². The van der Waals surface area contributed by atoms with Gasteiger partial charge in [-0.25, -0.2) is 13.6 Å². The highest BCUT2D eigenvalue weighted by Crippen LogP contribution is 2.33. The smallest absolute Gasteiger partial charge is 0.329 e. The van der Waals surface area contributed by atoms with Crippen molar-refractivity contribution in [3.8, 4) is 0 Å². The largest absolute Gasteiger partial charge is 0.479 e. The van der Waals surface area contributed by atoms with Crippen molar-refractivity contribution in [2.45, 2.75) is 32.2 Å². The molecule has 1 heterocycles. The van der Waals surface area contributed by atoms with Crippen LogP contribution in [0.25, 0.3) is 0 Å². The molecule has 0 fully saturated rings. The van der Waals surface area contributed by atoms with Crippen LogP contribution in [0.5, 0.6) is 0 Å². The van der Waals surface area contributed by atoms with Crippen LogP contribution >= 0.6 is 0 Å². The topological polar surface area (TPSA) is 74.7 Å². The van der Waals surface area contributed by atoms with Gasteiger partial charge in [-0.2, -0.15) is 0 Å². The Bertz CT molecular complexity index is 618. The lowest BCUT2D eigenvalue weighted by Gasteiger charge is -2.33. The van der Waals surface area contributed by atoms with Crippen molar-refractivity contribution >= 4 is 17.8 Å². The Morgan fingerprint density at radius 3 is 1.95 bits per heavy atom. The van der Waals surface area contributed by atoms with E-state index in [0.717, 1.165) is 0 Å². The number of aliphatic carboxylic acids is 1. The second-order valence-corrected chi connectivity index (χ2v) is 5.09. The highest BCUT2D eigenvalue weighted by atomic mass is 19.2. The molecule has 1 aromatic rings. The van der Waals surface area contributed by atoms with Crippen molar-refractivity contribution in [1.29, 1.82) is 0 Å². The molecule has 2 amide bonds. The first-order valence-electron chi connectivity index (χ1n) is 6.35. The van der Waals surface area contributed by atoms with Gasteiger partial charge in [0.1, 0.15) is 5.54 Å². The summed E-state index contributed by atoms with van der Waals surface area (Å²) in [6.07, 6.45) is 0.456. The Balaban J connectivity index is 2.57. The second kappa shape index (κ2) is 4.91. The quantitative estimate of drug-likeness (QED) is 0.865. The summed E-state index contributed by atoms with van der Waals surface area (Å²) >= 11 is 0. The predicted molar refractivity (Wildman–Crippen MR) is 67.8 cm³/mol. The molecular formula is C14H13F2NO4. The number of hydrogen-bond acceptors (Lipinski definition) is 3. The van der Waals surface area contributed by atoms with Crippen LogP contribution in [0.1, 0.15) is 47.4 Å². The van der Waals surface area contributed by atoms with Crippen LogP contribution in [-0.4, -0.2) is 33.3 Å². The third-order valence-corrected chi connectivity index (χ3v) is 3.62. The molecule has 0 aromatic heterocycles. The predicted octanol–water partition coefficient (Wildman–Crippen LogP) is 2.20. The monoisotopic (exact) mass is 297 g/mol. The molecule has 0 spiro atoms. The van der Waals surface area contributed by atoms with Crippen LogP contribution in [0, 0.1) is 11.6 Å². The van der Waals surface area contributed by atoms with Crippen LogP contribution in [-0.2, 0) is 4.79 Å². The maximum Gasteiger partial charge on any atom is 0.329 e. The minimum Gasteiger partial charge on any atom is -0.479 e. The maximum absolute atomic E-state index is 13.2. The van der Waals surface area contributed by atoms with Crippen molar-refractivity contribution in [3.05, 3.63) is 34.9 Å². The fourth-order valence-corrected chi connectivity index (χ4v) is 2.48. The minimum absolute atomic E-state index is 0.0404. The van der Waals surface area contributed by atoms with Crippen molar-refractivity contribution in [2.24, 2.45) is 0 Å². The summed E-state index contributed by atoms with van der Waals surface area (Å²) in [6.45, 7) is 2.95. The van der Waals surface area contributed by atoms with Crippen LogP contribution < -0.4 is 0 Å². The summed E-state index contributed by atoms with van der Waals surface area (Å²) in [7, 11) is 0. The SMILES string of the molecule is CCCC(C)(C(=O)O)N1C(=O)c2cc(F)c(F)cc2C1=O. The number of carboxylic acids is 1. The number of carbonyl (C=O) groups is 3. The summed E-state index contributed by atoms with van der Waals surface area (Å²) in [4.78, 5) is 36.6. The number of nitrogens with zero attached hydrogens (tertiary/aromatic N) is 1. The summed E-state index contributed by atoms with van der Waals surface area (Å²) in [6, 6.07) is 1.25. The molecule has 2 rings (SSSR count). The average molecular weight is 297 g/mol. The van der Waals surface area contributed by atoms with Crippen LogP contribution in [0.15, 0.2) is 12.1 Å². The fraction of sp³-hybridized carbons (Fsp3) is 0.357. The van der Waals surface area contributed by atoms with E-state index in [0.29, 0.717) is 23.5 Å². The number of fused-ring (bicyclic) bond motifs is 1.